The van der Waals surface area contributed by atoms with E-state index >= 15 is 4.39 Å². The predicted molar refractivity (Wildman–Crippen MR) is 106 cm³/mol. The summed E-state index contributed by atoms with van der Waals surface area (Å²) >= 11 is 8.83. The second-order valence-electron chi connectivity index (χ2n) is 7.62. The highest BCUT2D eigenvalue weighted by atomic mass is 79.9. The predicted octanol–water partition coefficient (Wildman–Crippen LogP) is 4.86. The number of hydrogen-bond acceptors (Lipinski definition) is 3. The summed E-state index contributed by atoms with van der Waals surface area (Å²) in [5, 5.41) is 21.7. The Labute approximate surface area is 188 Å². The van der Waals surface area contributed by atoms with Crippen LogP contribution in [0.1, 0.15) is 37.3 Å². The average molecular weight is 537 g/mol. The van der Waals surface area contributed by atoms with E-state index in [1.54, 1.807) is 0 Å². The van der Waals surface area contributed by atoms with Gasteiger partial charge in [0.2, 0.25) is 0 Å². The molecule has 174 valence electrons. The maximum absolute atomic E-state index is 15.1. The lowest BCUT2D eigenvalue weighted by atomic mass is 9.51. The van der Waals surface area contributed by atoms with E-state index in [1.165, 1.54) is 6.92 Å². The van der Waals surface area contributed by atoms with E-state index in [0.29, 0.717) is 12.1 Å². The molecule has 1 aromatic rings. The molecule has 0 amide bonds. The number of benzene rings is 1. The number of hydrogen-bond donors (Lipinski definition) is 3. The van der Waals surface area contributed by atoms with Crippen molar-refractivity contribution in [2.75, 3.05) is 12.0 Å². The third-order valence-electron chi connectivity index (χ3n) is 6.33. The molecular weight excluding hydrogens is 517 g/mol. The van der Waals surface area contributed by atoms with Gasteiger partial charge in [-0.15, -0.1) is 0 Å². The third kappa shape index (κ3) is 3.82. The van der Waals surface area contributed by atoms with E-state index in [9.17, 15) is 37.4 Å². The molecule has 1 aliphatic rings. The zero-order valence-electron chi connectivity index (χ0n) is 16.4. The topological polar surface area (TPSA) is 86.6 Å². The van der Waals surface area contributed by atoms with Crippen LogP contribution in [0.25, 0.3) is 0 Å². The van der Waals surface area contributed by atoms with Crippen molar-refractivity contribution >= 4 is 39.5 Å². The van der Waals surface area contributed by atoms with Crippen molar-refractivity contribution in [3.63, 3.8) is 0 Å². The van der Waals surface area contributed by atoms with Crippen molar-refractivity contribution in [2.45, 2.75) is 44.4 Å². The van der Waals surface area contributed by atoms with E-state index in [4.69, 9.17) is 11.6 Å². The first-order chi connectivity index (χ1) is 14.2. The lowest BCUT2D eigenvalue weighted by Crippen LogP contribution is -2.71. The molecule has 1 saturated heterocycles. The number of alkyl halides is 5. The molecule has 0 radical (unpaired) electrons. The molecule has 0 aliphatic carbocycles. The van der Waals surface area contributed by atoms with Crippen molar-refractivity contribution in [1.29, 1.82) is 0 Å². The Morgan fingerprint density at radius 3 is 2.19 bits per heavy atom. The number of nitrogens with one attached hydrogen (secondary N) is 1. The molecule has 1 aromatic carbocycles. The normalized spacial score (nSPS) is 31.5. The zero-order valence-corrected chi connectivity index (χ0v) is 18.7. The van der Waals surface area contributed by atoms with Crippen molar-refractivity contribution in [3.8, 4) is 0 Å². The molecule has 1 fully saturated rings. The van der Waals surface area contributed by atoms with Crippen molar-refractivity contribution in [1.82, 2.24) is 5.32 Å². The Hall–Kier alpha value is -1.46. The fourth-order valence-electron chi connectivity index (χ4n) is 4.73. The monoisotopic (exact) mass is 535 g/mol. The highest BCUT2D eigenvalue weighted by molar-refractivity contribution is 9.09. The summed E-state index contributed by atoms with van der Waals surface area (Å²) in [4.78, 5) is 24.9. The van der Waals surface area contributed by atoms with Gasteiger partial charge in [-0.3, -0.25) is 9.59 Å². The van der Waals surface area contributed by atoms with Gasteiger partial charge in [0.15, 0.2) is 0 Å². The minimum atomic E-state index is -5.23. The summed E-state index contributed by atoms with van der Waals surface area (Å²) in [5.74, 6) is -7.00. The van der Waals surface area contributed by atoms with Gasteiger partial charge in [0, 0.05) is 22.9 Å². The first-order valence-electron chi connectivity index (χ1n) is 9.14. The molecule has 12 heteroatoms. The van der Waals surface area contributed by atoms with Gasteiger partial charge in [0.25, 0.3) is 0 Å². The van der Waals surface area contributed by atoms with Gasteiger partial charge >= 0.3 is 18.1 Å². The standard InChI is InChI=1S/C19H20BrClF5NO4/c1-3-18(16(30)31)10(6-20)27-11(7-22)17(2,15(28)29)14(18)12-9(23)5-4-8(21)13(12)19(24,25)26/h4-5,10-11,14,27H,3,6-7H2,1-2H3,(H,28,29)(H,30,31). The summed E-state index contributed by atoms with van der Waals surface area (Å²) < 4.78 is 71.0. The fraction of sp³-hybridized carbons (Fsp3) is 0.579. The molecule has 31 heavy (non-hydrogen) atoms. The van der Waals surface area contributed by atoms with Gasteiger partial charge in [-0.2, -0.15) is 13.2 Å². The Balaban J connectivity index is 3.13. The number of carbonyl (C=O) groups is 2. The second-order valence-corrected chi connectivity index (χ2v) is 8.67. The maximum Gasteiger partial charge on any atom is 0.418 e. The average Bonchev–Trinajstić information content (AvgIpc) is 2.67. The summed E-state index contributed by atoms with van der Waals surface area (Å²) in [6.45, 7) is 0.924. The van der Waals surface area contributed by atoms with Crippen LogP contribution in [0.3, 0.4) is 0 Å². The quantitative estimate of drug-likeness (QED) is 0.357. The van der Waals surface area contributed by atoms with Crippen molar-refractivity contribution < 1.29 is 41.8 Å². The SMILES string of the molecule is CCC1(C(=O)O)C(CBr)NC(CF)C(C)(C(=O)O)C1c1c(F)ccc(Cl)c1C(F)(F)F. The van der Waals surface area contributed by atoms with Gasteiger partial charge in [0.1, 0.15) is 12.5 Å². The van der Waals surface area contributed by atoms with Gasteiger partial charge in [-0.25, -0.2) is 8.78 Å². The largest absolute Gasteiger partial charge is 0.481 e. The van der Waals surface area contributed by atoms with Crippen LogP contribution in [-0.4, -0.2) is 46.2 Å². The van der Waals surface area contributed by atoms with Gasteiger partial charge in [0.05, 0.1) is 27.5 Å². The van der Waals surface area contributed by atoms with Crippen LogP contribution in [0.2, 0.25) is 5.02 Å². The molecular formula is C19H20BrClF5NO4. The zero-order chi connectivity index (χ0) is 23.9. The molecule has 0 spiro atoms. The first-order valence-corrected chi connectivity index (χ1v) is 10.6. The molecule has 2 rings (SSSR count). The lowest BCUT2D eigenvalue weighted by molar-refractivity contribution is -0.173. The molecule has 0 bridgehead atoms. The lowest BCUT2D eigenvalue weighted by Gasteiger charge is -2.56. The molecule has 0 aromatic heterocycles. The van der Waals surface area contributed by atoms with E-state index in [-0.39, 0.29) is 11.8 Å². The summed E-state index contributed by atoms with van der Waals surface area (Å²) in [5.41, 5.74) is -7.57. The van der Waals surface area contributed by atoms with Crippen LogP contribution in [-0.2, 0) is 15.8 Å². The number of aliphatic carboxylic acids is 2. The molecule has 5 atom stereocenters. The van der Waals surface area contributed by atoms with Crippen LogP contribution < -0.4 is 5.32 Å². The van der Waals surface area contributed by atoms with E-state index in [1.807, 2.05) is 0 Å². The second kappa shape index (κ2) is 8.82. The van der Waals surface area contributed by atoms with Crippen LogP contribution in [0.4, 0.5) is 22.0 Å². The Bertz CT molecular complexity index is 886. The fourth-order valence-corrected chi connectivity index (χ4v) is 5.77. The van der Waals surface area contributed by atoms with Crippen molar-refractivity contribution in [3.05, 3.63) is 34.1 Å². The van der Waals surface area contributed by atoms with Gasteiger partial charge < -0.3 is 15.5 Å². The van der Waals surface area contributed by atoms with Crippen LogP contribution in [0, 0.1) is 16.6 Å². The minimum Gasteiger partial charge on any atom is -0.481 e. The number of halogens is 7. The van der Waals surface area contributed by atoms with Crippen LogP contribution >= 0.6 is 27.5 Å². The molecule has 3 N–H and O–H groups in total. The Morgan fingerprint density at radius 2 is 1.81 bits per heavy atom. The molecule has 0 saturated carbocycles. The highest BCUT2D eigenvalue weighted by Crippen LogP contribution is 2.60. The van der Waals surface area contributed by atoms with E-state index < -0.39 is 75.6 Å². The minimum absolute atomic E-state index is 0.167. The number of carboxylic acid groups (broad SMARTS) is 2. The summed E-state index contributed by atoms with van der Waals surface area (Å²) in [6, 6.07) is -1.54. The van der Waals surface area contributed by atoms with Gasteiger partial charge in [-0.05, 0) is 25.5 Å². The molecule has 5 unspecified atom stereocenters. The molecule has 5 nitrogen and oxygen atoms in total. The molecule has 1 aliphatic heterocycles. The summed E-state index contributed by atoms with van der Waals surface area (Å²) in [7, 11) is 0. The van der Waals surface area contributed by atoms with Crippen LogP contribution in [0.15, 0.2) is 12.1 Å². The Kier molecular flexibility index (Phi) is 7.34. The number of piperidine rings is 1. The highest BCUT2D eigenvalue weighted by Gasteiger charge is 2.67. The third-order valence-corrected chi connectivity index (χ3v) is 7.29. The number of carboxylic acids is 2. The van der Waals surface area contributed by atoms with Crippen molar-refractivity contribution in [2.24, 2.45) is 10.8 Å². The van der Waals surface area contributed by atoms with E-state index in [0.717, 1.165) is 6.92 Å². The number of rotatable bonds is 6. The smallest absolute Gasteiger partial charge is 0.418 e. The Morgan fingerprint density at radius 1 is 1.23 bits per heavy atom. The van der Waals surface area contributed by atoms with Crippen LogP contribution in [0.5, 0.6) is 0 Å². The van der Waals surface area contributed by atoms with E-state index in [2.05, 4.69) is 21.2 Å². The summed E-state index contributed by atoms with van der Waals surface area (Å²) in [6.07, 6.45) is -5.60. The first kappa shape index (κ1) is 25.8. The maximum atomic E-state index is 15.1. The molecule has 1 heterocycles. The van der Waals surface area contributed by atoms with Gasteiger partial charge in [-0.1, -0.05) is 34.5 Å².